The molecular formula is C19H25N. The van der Waals surface area contributed by atoms with E-state index in [1.807, 2.05) is 0 Å². The van der Waals surface area contributed by atoms with Crippen LogP contribution in [0.4, 0.5) is 5.69 Å². The van der Waals surface area contributed by atoms with E-state index in [2.05, 4.69) is 68.6 Å². The van der Waals surface area contributed by atoms with Gasteiger partial charge < -0.3 is 5.32 Å². The highest BCUT2D eigenvalue weighted by atomic mass is 14.9. The third kappa shape index (κ3) is 4.12. The van der Waals surface area contributed by atoms with Gasteiger partial charge in [-0.1, -0.05) is 49.2 Å². The quantitative estimate of drug-likeness (QED) is 0.753. The zero-order valence-corrected chi connectivity index (χ0v) is 12.9. The smallest absolute Gasteiger partial charge is 0.0403 e. The largest absolute Gasteiger partial charge is 0.381 e. The maximum absolute atomic E-state index is 3.50. The second-order valence-electron chi connectivity index (χ2n) is 5.58. The van der Waals surface area contributed by atoms with Crippen molar-refractivity contribution in [3.05, 3.63) is 64.7 Å². The SMILES string of the molecule is CCCCc1ccc(NCc2ccc(C)cc2C)cc1. The highest BCUT2D eigenvalue weighted by Crippen LogP contribution is 2.15. The summed E-state index contributed by atoms with van der Waals surface area (Å²) in [5.41, 5.74) is 6.68. The highest BCUT2D eigenvalue weighted by Gasteiger charge is 1.99. The molecule has 0 spiro atoms. The van der Waals surface area contributed by atoms with Crippen LogP contribution >= 0.6 is 0 Å². The first kappa shape index (κ1) is 14.6. The van der Waals surface area contributed by atoms with Crippen LogP contribution in [0.3, 0.4) is 0 Å². The number of nitrogens with one attached hydrogen (secondary N) is 1. The fourth-order valence-electron chi connectivity index (χ4n) is 2.41. The van der Waals surface area contributed by atoms with Crippen molar-refractivity contribution in [1.82, 2.24) is 0 Å². The average molecular weight is 267 g/mol. The Balaban J connectivity index is 1.93. The minimum atomic E-state index is 0.889. The molecule has 1 nitrogen and oxygen atoms in total. The second-order valence-corrected chi connectivity index (χ2v) is 5.58. The number of benzene rings is 2. The Bertz CT molecular complexity index is 540. The molecule has 0 saturated heterocycles. The van der Waals surface area contributed by atoms with Crippen molar-refractivity contribution < 1.29 is 0 Å². The summed E-state index contributed by atoms with van der Waals surface area (Å²) in [6.45, 7) is 7.44. The van der Waals surface area contributed by atoms with Crippen molar-refractivity contribution in [2.75, 3.05) is 5.32 Å². The Labute approximate surface area is 123 Å². The summed E-state index contributed by atoms with van der Waals surface area (Å²) in [7, 11) is 0. The number of rotatable bonds is 6. The van der Waals surface area contributed by atoms with Gasteiger partial charge in [-0.05, 0) is 55.5 Å². The minimum absolute atomic E-state index is 0.889. The molecule has 2 rings (SSSR count). The lowest BCUT2D eigenvalue weighted by Gasteiger charge is -2.10. The van der Waals surface area contributed by atoms with Crippen molar-refractivity contribution in [3.8, 4) is 0 Å². The van der Waals surface area contributed by atoms with Gasteiger partial charge in [-0.2, -0.15) is 0 Å². The van der Waals surface area contributed by atoms with E-state index in [9.17, 15) is 0 Å². The number of aryl methyl sites for hydroxylation is 3. The molecule has 0 aliphatic carbocycles. The standard InChI is InChI=1S/C19H25N/c1-4-5-6-17-8-11-19(12-9-17)20-14-18-10-7-15(2)13-16(18)3/h7-13,20H,4-6,14H2,1-3H3. The molecule has 0 unspecified atom stereocenters. The lowest BCUT2D eigenvalue weighted by atomic mass is 10.1. The summed E-state index contributed by atoms with van der Waals surface area (Å²) in [6.07, 6.45) is 3.72. The summed E-state index contributed by atoms with van der Waals surface area (Å²) in [4.78, 5) is 0. The summed E-state index contributed by atoms with van der Waals surface area (Å²) < 4.78 is 0. The predicted molar refractivity (Wildman–Crippen MR) is 88.3 cm³/mol. The molecule has 0 saturated carbocycles. The molecule has 0 radical (unpaired) electrons. The Morgan fingerprint density at radius 1 is 0.950 bits per heavy atom. The van der Waals surface area contributed by atoms with E-state index in [1.54, 1.807) is 0 Å². The molecular weight excluding hydrogens is 242 g/mol. The van der Waals surface area contributed by atoms with Gasteiger partial charge in [0.15, 0.2) is 0 Å². The van der Waals surface area contributed by atoms with Gasteiger partial charge in [0.2, 0.25) is 0 Å². The molecule has 2 aromatic carbocycles. The molecule has 1 heteroatoms. The zero-order valence-electron chi connectivity index (χ0n) is 12.9. The average Bonchev–Trinajstić information content (AvgIpc) is 2.45. The van der Waals surface area contributed by atoms with Gasteiger partial charge in [0.1, 0.15) is 0 Å². The Hall–Kier alpha value is -1.76. The van der Waals surface area contributed by atoms with Crippen LogP contribution in [0.25, 0.3) is 0 Å². The van der Waals surface area contributed by atoms with E-state index in [0.29, 0.717) is 0 Å². The van der Waals surface area contributed by atoms with E-state index in [1.165, 1.54) is 47.2 Å². The van der Waals surface area contributed by atoms with Gasteiger partial charge in [0.05, 0.1) is 0 Å². The molecule has 0 bridgehead atoms. The van der Waals surface area contributed by atoms with Gasteiger partial charge in [0, 0.05) is 12.2 Å². The van der Waals surface area contributed by atoms with Crippen molar-refractivity contribution in [2.45, 2.75) is 46.6 Å². The molecule has 0 heterocycles. The molecule has 0 atom stereocenters. The number of unbranched alkanes of at least 4 members (excludes halogenated alkanes) is 1. The molecule has 20 heavy (non-hydrogen) atoms. The summed E-state index contributed by atoms with van der Waals surface area (Å²) in [6, 6.07) is 15.5. The third-order valence-corrected chi connectivity index (χ3v) is 3.75. The third-order valence-electron chi connectivity index (χ3n) is 3.75. The van der Waals surface area contributed by atoms with E-state index < -0.39 is 0 Å². The first-order valence-corrected chi connectivity index (χ1v) is 7.58. The molecule has 0 amide bonds. The fourth-order valence-corrected chi connectivity index (χ4v) is 2.41. The van der Waals surface area contributed by atoms with Crippen LogP contribution in [0.5, 0.6) is 0 Å². The first-order chi connectivity index (χ1) is 9.69. The molecule has 0 aromatic heterocycles. The first-order valence-electron chi connectivity index (χ1n) is 7.58. The van der Waals surface area contributed by atoms with E-state index >= 15 is 0 Å². The highest BCUT2D eigenvalue weighted by molar-refractivity contribution is 5.46. The van der Waals surface area contributed by atoms with E-state index in [4.69, 9.17) is 0 Å². The van der Waals surface area contributed by atoms with Crippen LogP contribution in [0.2, 0.25) is 0 Å². The lowest BCUT2D eigenvalue weighted by molar-refractivity contribution is 0.795. The molecule has 0 aliphatic heterocycles. The molecule has 1 N–H and O–H groups in total. The van der Waals surface area contributed by atoms with Crippen LogP contribution in [-0.4, -0.2) is 0 Å². The fraction of sp³-hybridized carbons (Fsp3) is 0.368. The van der Waals surface area contributed by atoms with Gasteiger partial charge in [-0.15, -0.1) is 0 Å². The predicted octanol–water partition coefficient (Wildman–Crippen LogP) is 5.26. The number of anilines is 1. The summed E-state index contributed by atoms with van der Waals surface area (Å²) in [5, 5.41) is 3.50. The van der Waals surface area contributed by atoms with Crippen LogP contribution in [0.15, 0.2) is 42.5 Å². The van der Waals surface area contributed by atoms with Crippen molar-refractivity contribution in [3.63, 3.8) is 0 Å². The number of hydrogen-bond acceptors (Lipinski definition) is 1. The monoisotopic (exact) mass is 267 g/mol. The zero-order chi connectivity index (χ0) is 14.4. The minimum Gasteiger partial charge on any atom is -0.381 e. The Morgan fingerprint density at radius 2 is 1.70 bits per heavy atom. The Kier molecular flexibility index (Phi) is 5.23. The molecule has 0 aliphatic rings. The second kappa shape index (κ2) is 7.14. The summed E-state index contributed by atoms with van der Waals surface area (Å²) >= 11 is 0. The molecule has 106 valence electrons. The normalized spacial score (nSPS) is 10.6. The van der Waals surface area contributed by atoms with Crippen LogP contribution in [-0.2, 0) is 13.0 Å². The van der Waals surface area contributed by atoms with Crippen molar-refractivity contribution in [2.24, 2.45) is 0 Å². The lowest BCUT2D eigenvalue weighted by Crippen LogP contribution is -2.01. The van der Waals surface area contributed by atoms with E-state index in [0.717, 1.165) is 6.54 Å². The van der Waals surface area contributed by atoms with Gasteiger partial charge in [0.25, 0.3) is 0 Å². The number of hydrogen-bond donors (Lipinski definition) is 1. The van der Waals surface area contributed by atoms with Crippen molar-refractivity contribution in [1.29, 1.82) is 0 Å². The van der Waals surface area contributed by atoms with Crippen LogP contribution in [0.1, 0.15) is 42.0 Å². The summed E-state index contributed by atoms with van der Waals surface area (Å²) in [5.74, 6) is 0. The van der Waals surface area contributed by atoms with E-state index in [-0.39, 0.29) is 0 Å². The Morgan fingerprint density at radius 3 is 2.35 bits per heavy atom. The molecule has 2 aromatic rings. The molecule has 0 fully saturated rings. The van der Waals surface area contributed by atoms with Gasteiger partial charge in [-0.3, -0.25) is 0 Å². The van der Waals surface area contributed by atoms with Gasteiger partial charge in [-0.25, -0.2) is 0 Å². The van der Waals surface area contributed by atoms with Gasteiger partial charge >= 0.3 is 0 Å². The topological polar surface area (TPSA) is 12.0 Å². The van der Waals surface area contributed by atoms with Crippen molar-refractivity contribution >= 4 is 5.69 Å². The maximum atomic E-state index is 3.50. The maximum Gasteiger partial charge on any atom is 0.0403 e. The van der Waals surface area contributed by atoms with Crippen LogP contribution < -0.4 is 5.32 Å². The van der Waals surface area contributed by atoms with Crippen LogP contribution in [0, 0.1) is 13.8 Å².